The molecule has 1 saturated heterocycles. The van der Waals surface area contributed by atoms with Gasteiger partial charge in [0.25, 0.3) is 0 Å². The van der Waals surface area contributed by atoms with Crippen molar-refractivity contribution in [3.8, 4) is 0 Å². The average Bonchev–Trinajstić information content (AvgIpc) is 2.48. The number of fused-ring (bicyclic) bond motifs is 1. The summed E-state index contributed by atoms with van der Waals surface area (Å²) in [6.45, 7) is 3.13. The molecule has 0 spiro atoms. The molecule has 0 aromatic carbocycles. The summed E-state index contributed by atoms with van der Waals surface area (Å²) in [6.07, 6.45) is 7.06. The van der Waals surface area contributed by atoms with E-state index in [9.17, 15) is 0 Å². The zero-order valence-electron chi connectivity index (χ0n) is 11.8. The second-order valence-electron chi connectivity index (χ2n) is 5.95. The third-order valence-corrected chi connectivity index (χ3v) is 4.68. The Balaban J connectivity index is 1.65. The summed E-state index contributed by atoms with van der Waals surface area (Å²) in [4.78, 5) is 2.43. The van der Waals surface area contributed by atoms with E-state index in [1.165, 1.54) is 38.6 Å². The third kappa shape index (κ3) is 2.89. The lowest BCUT2D eigenvalue weighted by Gasteiger charge is -2.41. The summed E-state index contributed by atoms with van der Waals surface area (Å²) in [5.41, 5.74) is 1.01. The summed E-state index contributed by atoms with van der Waals surface area (Å²) in [5.74, 6) is 2.92. The molecule has 1 aliphatic heterocycles. The summed E-state index contributed by atoms with van der Waals surface area (Å²) < 4.78 is 0. The van der Waals surface area contributed by atoms with Gasteiger partial charge in [-0.15, -0.1) is 5.10 Å². The molecule has 2 aliphatic rings. The fraction of sp³-hybridized carbons (Fsp3) is 0.733. The van der Waals surface area contributed by atoms with Crippen molar-refractivity contribution in [1.29, 1.82) is 0 Å². The van der Waals surface area contributed by atoms with Crippen LogP contribution in [0.25, 0.3) is 0 Å². The van der Waals surface area contributed by atoms with E-state index in [-0.39, 0.29) is 0 Å². The Hall–Kier alpha value is -1.16. The van der Waals surface area contributed by atoms with Crippen molar-refractivity contribution in [1.82, 2.24) is 15.5 Å². The number of nitrogens with zero attached hydrogens (tertiary/aromatic N) is 3. The molecule has 2 heterocycles. The fourth-order valence-electron chi connectivity index (χ4n) is 3.61. The van der Waals surface area contributed by atoms with Crippen LogP contribution < -0.4 is 10.2 Å². The highest BCUT2D eigenvalue weighted by Crippen LogP contribution is 2.36. The van der Waals surface area contributed by atoms with Crippen LogP contribution in [0.5, 0.6) is 0 Å². The van der Waals surface area contributed by atoms with E-state index in [2.05, 4.69) is 32.5 Å². The molecular formula is C15H24N4. The summed E-state index contributed by atoms with van der Waals surface area (Å²) in [7, 11) is 1.93. The van der Waals surface area contributed by atoms with E-state index < -0.39 is 0 Å². The standard InChI is InChI=1S/C15H24N4/c1-16-10-14-6-7-15(18-17-14)19-9-8-12-4-2-3-5-13(12)11-19/h6-7,12-13,16H,2-5,8-11H2,1H3. The number of hydrogen-bond donors (Lipinski definition) is 1. The van der Waals surface area contributed by atoms with Crippen molar-refractivity contribution in [2.75, 3.05) is 25.0 Å². The molecule has 0 radical (unpaired) electrons. The predicted octanol–water partition coefficient (Wildman–Crippen LogP) is 2.21. The Kier molecular flexibility index (Phi) is 3.97. The fourth-order valence-corrected chi connectivity index (χ4v) is 3.61. The molecule has 0 amide bonds. The van der Waals surface area contributed by atoms with Crippen molar-refractivity contribution in [2.24, 2.45) is 11.8 Å². The van der Waals surface area contributed by atoms with Crippen molar-refractivity contribution in [2.45, 2.75) is 38.6 Å². The van der Waals surface area contributed by atoms with Crippen molar-refractivity contribution >= 4 is 5.82 Å². The number of hydrogen-bond acceptors (Lipinski definition) is 4. The minimum Gasteiger partial charge on any atom is -0.355 e. The Morgan fingerprint density at radius 1 is 1.16 bits per heavy atom. The van der Waals surface area contributed by atoms with Crippen molar-refractivity contribution in [3.05, 3.63) is 17.8 Å². The minimum atomic E-state index is 0.790. The van der Waals surface area contributed by atoms with Gasteiger partial charge in [0.05, 0.1) is 5.69 Å². The highest BCUT2D eigenvalue weighted by molar-refractivity contribution is 5.38. The lowest BCUT2D eigenvalue weighted by Crippen LogP contribution is -2.42. The Labute approximate surface area is 115 Å². The van der Waals surface area contributed by atoms with Crippen LogP contribution in [0.15, 0.2) is 12.1 Å². The van der Waals surface area contributed by atoms with Gasteiger partial charge >= 0.3 is 0 Å². The molecule has 1 aromatic heterocycles. The third-order valence-electron chi connectivity index (χ3n) is 4.68. The van der Waals surface area contributed by atoms with Gasteiger partial charge in [0.1, 0.15) is 0 Å². The van der Waals surface area contributed by atoms with Gasteiger partial charge in [-0.1, -0.05) is 19.3 Å². The van der Waals surface area contributed by atoms with Crippen LogP contribution in [0, 0.1) is 11.8 Å². The van der Waals surface area contributed by atoms with Gasteiger partial charge in [-0.05, 0) is 43.9 Å². The summed E-state index contributed by atoms with van der Waals surface area (Å²) >= 11 is 0. The zero-order chi connectivity index (χ0) is 13.1. The molecule has 1 aromatic rings. The van der Waals surface area contributed by atoms with E-state index in [4.69, 9.17) is 0 Å². The van der Waals surface area contributed by atoms with Crippen LogP contribution in [0.1, 0.15) is 37.8 Å². The average molecular weight is 260 g/mol. The van der Waals surface area contributed by atoms with Crippen LogP contribution in [0.3, 0.4) is 0 Å². The van der Waals surface area contributed by atoms with Gasteiger partial charge in [0.2, 0.25) is 0 Å². The lowest BCUT2D eigenvalue weighted by atomic mass is 9.75. The Morgan fingerprint density at radius 3 is 2.74 bits per heavy atom. The van der Waals surface area contributed by atoms with Crippen molar-refractivity contribution < 1.29 is 0 Å². The highest BCUT2D eigenvalue weighted by atomic mass is 15.3. The second kappa shape index (κ2) is 5.87. The van der Waals surface area contributed by atoms with Gasteiger partial charge in [-0.25, -0.2) is 0 Å². The van der Waals surface area contributed by atoms with Crippen LogP contribution in [0.2, 0.25) is 0 Å². The van der Waals surface area contributed by atoms with Gasteiger partial charge in [-0.2, -0.15) is 5.10 Å². The first-order chi connectivity index (χ1) is 9.36. The van der Waals surface area contributed by atoms with E-state index in [1.807, 2.05) is 7.05 Å². The number of rotatable bonds is 3. The SMILES string of the molecule is CNCc1ccc(N2CCC3CCCCC3C2)nn1. The second-order valence-corrected chi connectivity index (χ2v) is 5.95. The molecule has 2 unspecified atom stereocenters. The molecule has 1 saturated carbocycles. The van der Waals surface area contributed by atoms with Crippen LogP contribution in [-0.4, -0.2) is 30.3 Å². The van der Waals surface area contributed by atoms with Crippen LogP contribution >= 0.6 is 0 Å². The van der Waals surface area contributed by atoms with Crippen LogP contribution in [-0.2, 0) is 6.54 Å². The molecule has 4 heteroatoms. The van der Waals surface area contributed by atoms with Crippen molar-refractivity contribution in [3.63, 3.8) is 0 Å². The summed E-state index contributed by atoms with van der Waals surface area (Å²) in [6, 6.07) is 4.22. The smallest absolute Gasteiger partial charge is 0.151 e. The topological polar surface area (TPSA) is 41.0 Å². The normalized spacial score (nSPS) is 27.1. The maximum Gasteiger partial charge on any atom is 0.151 e. The Bertz CT molecular complexity index is 403. The molecule has 1 aliphatic carbocycles. The first-order valence-electron chi connectivity index (χ1n) is 7.59. The molecule has 3 rings (SSSR count). The maximum absolute atomic E-state index is 4.39. The number of aromatic nitrogens is 2. The molecule has 0 bridgehead atoms. The van der Waals surface area contributed by atoms with Gasteiger partial charge in [0, 0.05) is 19.6 Å². The lowest BCUT2D eigenvalue weighted by molar-refractivity contribution is 0.202. The van der Waals surface area contributed by atoms with Gasteiger partial charge in [-0.3, -0.25) is 0 Å². The van der Waals surface area contributed by atoms with Gasteiger partial charge < -0.3 is 10.2 Å². The zero-order valence-corrected chi connectivity index (χ0v) is 11.8. The molecule has 2 fully saturated rings. The maximum atomic E-state index is 4.39. The molecule has 19 heavy (non-hydrogen) atoms. The molecule has 104 valence electrons. The number of anilines is 1. The van der Waals surface area contributed by atoms with E-state index >= 15 is 0 Å². The minimum absolute atomic E-state index is 0.790. The van der Waals surface area contributed by atoms with Gasteiger partial charge in [0.15, 0.2) is 5.82 Å². The first-order valence-corrected chi connectivity index (χ1v) is 7.59. The Morgan fingerprint density at radius 2 is 2.00 bits per heavy atom. The van der Waals surface area contributed by atoms with E-state index in [1.54, 1.807) is 0 Å². The highest BCUT2D eigenvalue weighted by Gasteiger charge is 2.31. The number of piperidine rings is 1. The molecule has 4 nitrogen and oxygen atoms in total. The van der Waals surface area contributed by atoms with E-state index in [0.717, 1.165) is 36.4 Å². The molecular weight excluding hydrogens is 236 g/mol. The summed E-state index contributed by atoms with van der Waals surface area (Å²) in [5, 5.41) is 11.8. The number of nitrogens with one attached hydrogen (secondary N) is 1. The largest absolute Gasteiger partial charge is 0.355 e. The quantitative estimate of drug-likeness (QED) is 0.904. The van der Waals surface area contributed by atoms with E-state index in [0.29, 0.717) is 0 Å². The molecule has 1 N–H and O–H groups in total. The first kappa shape index (κ1) is 12.9. The molecule has 2 atom stereocenters. The monoisotopic (exact) mass is 260 g/mol. The van der Waals surface area contributed by atoms with Crippen LogP contribution in [0.4, 0.5) is 5.82 Å². The predicted molar refractivity (Wildman–Crippen MR) is 77.1 cm³/mol.